The van der Waals surface area contributed by atoms with E-state index in [1.165, 1.54) is 32.1 Å². The van der Waals surface area contributed by atoms with E-state index < -0.39 is 0 Å². The van der Waals surface area contributed by atoms with Crippen molar-refractivity contribution >= 4 is 0 Å². The van der Waals surface area contributed by atoms with Gasteiger partial charge in [-0.15, -0.1) is 0 Å². The van der Waals surface area contributed by atoms with Crippen LogP contribution in [-0.2, 0) is 0 Å². The van der Waals surface area contributed by atoms with Crippen molar-refractivity contribution in [2.45, 2.75) is 43.7 Å². The SMILES string of the molecule is NC1C2CC3CC1CC(N)(C3)C2. The van der Waals surface area contributed by atoms with E-state index in [0.717, 1.165) is 17.8 Å². The Labute approximate surface area is 73.7 Å². The van der Waals surface area contributed by atoms with Gasteiger partial charge in [-0.05, 0) is 49.9 Å². The Morgan fingerprint density at radius 1 is 1.00 bits per heavy atom. The van der Waals surface area contributed by atoms with Crippen LogP contribution in [0.3, 0.4) is 0 Å². The molecule has 4 rings (SSSR count). The largest absolute Gasteiger partial charge is 0.327 e. The maximum Gasteiger partial charge on any atom is 0.0163 e. The Morgan fingerprint density at radius 3 is 2.08 bits per heavy atom. The first-order valence-corrected chi connectivity index (χ1v) is 5.21. The Hall–Kier alpha value is -0.0800. The van der Waals surface area contributed by atoms with Crippen molar-refractivity contribution in [2.75, 3.05) is 0 Å². The van der Waals surface area contributed by atoms with Gasteiger partial charge in [-0.3, -0.25) is 0 Å². The molecule has 0 heterocycles. The molecule has 12 heavy (non-hydrogen) atoms. The third-order valence-electron chi connectivity index (χ3n) is 4.39. The van der Waals surface area contributed by atoms with Crippen molar-refractivity contribution in [3.63, 3.8) is 0 Å². The first kappa shape index (κ1) is 7.34. The molecule has 4 fully saturated rings. The van der Waals surface area contributed by atoms with E-state index >= 15 is 0 Å². The Bertz CT molecular complexity index is 198. The lowest BCUT2D eigenvalue weighted by Gasteiger charge is -2.58. The summed E-state index contributed by atoms with van der Waals surface area (Å²) in [6.07, 6.45) is 6.45. The number of rotatable bonds is 0. The quantitative estimate of drug-likeness (QED) is 0.560. The van der Waals surface area contributed by atoms with E-state index in [-0.39, 0.29) is 5.54 Å². The molecule has 2 unspecified atom stereocenters. The van der Waals surface area contributed by atoms with Crippen LogP contribution in [0.25, 0.3) is 0 Å². The molecule has 0 aromatic heterocycles. The summed E-state index contributed by atoms with van der Waals surface area (Å²) in [7, 11) is 0. The molecule has 68 valence electrons. The maximum atomic E-state index is 6.33. The van der Waals surface area contributed by atoms with Crippen LogP contribution in [-0.4, -0.2) is 11.6 Å². The van der Waals surface area contributed by atoms with Crippen molar-refractivity contribution in [2.24, 2.45) is 29.2 Å². The Morgan fingerprint density at radius 2 is 1.58 bits per heavy atom. The zero-order valence-electron chi connectivity index (χ0n) is 7.50. The second-order valence-corrected chi connectivity index (χ2v) is 5.41. The normalized spacial score (nSPS) is 62.5. The molecule has 0 saturated heterocycles. The maximum absolute atomic E-state index is 6.33. The third-order valence-corrected chi connectivity index (χ3v) is 4.39. The van der Waals surface area contributed by atoms with Gasteiger partial charge in [0.25, 0.3) is 0 Å². The first-order valence-electron chi connectivity index (χ1n) is 5.21. The minimum absolute atomic E-state index is 0.201. The molecule has 4 aliphatic rings. The fourth-order valence-corrected chi connectivity index (χ4v) is 4.13. The summed E-state index contributed by atoms with van der Waals surface area (Å²) >= 11 is 0. The van der Waals surface area contributed by atoms with Gasteiger partial charge in [0.1, 0.15) is 0 Å². The molecule has 4 N–H and O–H groups in total. The molecule has 4 bridgehead atoms. The number of hydrogen-bond donors (Lipinski definition) is 2. The summed E-state index contributed by atoms with van der Waals surface area (Å²) in [5, 5.41) is 0. The van der Waals surface area contributed by atoms with E-state index in [1.54, 1.807) is 0 Å². The van der Waals surface area contributed by atoms with Crippen LogP contribution in [0.15, 0.2) is 0 Å². The molecule has 2 nitrogen and oxygen atoms in total. The van der Waals surface area contributed by atoms with Gasteiger partial charge in [-0.1, -0.05) is 0 Å². The lowest BCUT2D eigenvalue weighted by atomic mass is 9.51. The minimum atomic E-state index is 0.201. The monoisotopic (exact) mass is 166 g/mol. The highest BCUT2D eigenvalue weighted by Gasteiger charge is 2.52. The predicted octanol–water partition coefficient (Wildman–Crippen LogP) is 0.851. The van der Waals surface area contributed by atoms with Crippen LogP contribution < -0.4 is 11.5 Å². The van der Waals surface area contributed by atoms with Gasteiger partial charge in [0.05, 0.1) is 0 Å². The van der Waals surface area contributed by atoms with Crippen molar-refractivity contribution < 1.29 is 0 Å². The van der Waals surface area contributed by atoms with Crippen LogP contribution in [0.1, 0.15) is 32.1 Å². The molecule has 2 heteroatoms. The van der Waals surface area contributed by atoms with Crippen molar-refractivity contribution in [3.05, 3.63) is 0 Å². The molecular formula is C10H18N2. The smallest absolute Gasteiger partial charge is 0.0163 e. The van der Waals surface area contributed by atoms with Gasteiger partial charge < -0.3 is 11.5 Å². The molecule has 2 atom stereocenters. The Kier molecular flexibility index (Phi) is 1.25. The van der Waals surface area contributed by atoms with Gasteiger partial charge in [0.2, 0.25) is 0 Å². The second-order valence-electron chi connectivity index (χ2n) is 5.41. The summed E-state index contributed by atoms with van der Waals surface area (Å²) in [4.78, 5) is 0. The molecule has 0 spiro atoms. The fraction of sp³-hybridized carbons (Fsp3) is 1.00. The summed E-state index contributed by atoms with van der Waals surface area (Å²) < 4.78 is 0. The van der Waals surface area contributed by atoms with E-state index in [2.05, 4.69) is 0 Å². The van der Waals surface area contributed by atoms with E-state index in [1.807, 2.05) is 0 Å². The van der Waals surface area contributed by atoms with E-state index in [4.69, 9.17) is 11.5 Å². The number of nitrogens with two attached hydrogens (primary N) is 2. The second kappa shape index (κ2) is 2.05. The van der Waals surface area contributed by atoms with E-state index in [9.17, 15) is 0 Å². The van der Waals surface area contributed by atoms with Gasteiger partial charge in [-0.25, -0.2) is 0 Å². The lowest BCUT2D eigenvalue weighted by Crippen LogP contribution is -2.63. The predicted molar refractivity (Wildman–Crippen MR) is 48.4 cm³/mol. The highest BCUT2D eigenvalue weighted by Crippen LogP contribution is 2.53. The Balaban J connectivity index is 1.95. The van der Waals surface area contributed by atoms with Crippen molar-refractivity contribution in [1.82, 2.24) is 0 Å². The molecule has 0 radical (unpaired) electrons. The highest BCUT2D eigenvalue weighted by molar-refractivity contribution is 5.09. The topological polar surface area (TPSA) is 52.0 Å². The molecule has 0 amide bonds. The van der Waals surface area contributed by atoms with Crippen molar-refractivity contribution in [1.29, 1.82) is 0 Å². The zero-order chi connectivity index (χ0) is 8.34. The highest BCUT2D eigenvalue weighted by atomic mass is 14.8. The van der Waals surface area contributed by atoms with Crippen LogP contribution in [0.2, 0.25) is 0 Å². The third kappa shape index (κ3) is 0.826. The molecule has 4 saturated carbocycles. The average molecular weight is 166 g/mol. The molecule has 0 aromatic carbocycles. The first-order chi connectivity index (χ1) is 5.66. The molecule has 4 aliphatic carbocycles. The summed E-state index contributed by atoms with van der Waals surface area (Å²) in [6, 6.07) is 0.484. The van der Waals surface area contributed by atoms with Gasteiger partial charge >= 0.3 is 0 Å². The summed E-state index contributed by atoms with van der Waals surface area (Å²) in [5.41, 5.74) is 12.7. The summed E-state index contributed by atoms with van der Waals surface area (Å²) in [6.45, 7) is 0. The minimum Gasteiger partial charge on any atom is -0.327 e. The van der Waals surface area contributed by atoms with E-state index in [0.29, 0.717) is 6.04 Å². The average Bonchev–Trinajstić information content (AvgIpc) is 1.96. The van der Waals surface area contributed by atoms with Crippen LogP contribution in [0.4, 0.5) is 0 Å². The van der Waals surface area contributed by atoms with Crippen LogP contribution in [0.5, 0.6) is 0 Å². The van der Waals surface area contributed by atoms with Gasteiger partial charge in [0, 0.05) is 11.6 Å². The molecule has 0 aromatic rings. The lowest BCUT2D eigenvalue weighted by molar-refractivity contribution is -0.0173. The van der Waals surface area contributed by atoms with Gasteiger partial charge in [0.15, 0.2) is 0 Å². The number of hydrogen-bond acceptors (Lipinski definition) is 2. The summed E-state index contributed by atoms with van der Waals surface area (Å²) in [5.74, 6) is 2.45. The fourth-order valence-electron chi connectivity index (χ4n) is 4.13. The van der Waals surface area contributed by atoms with Crippen molar-refractivity contribution in [3.8, 4) is 0 Å². The standard InChI is InChI=1S/C10H18N2/c11-9-7-1-6-2-8(9)5-10(12,3-6)4-7/h6-9H,1-5,11-12H2. The molecule has 0 aliphatic heterocycles. The molecular weight excluding hydrogens is 148 g/mol. The van der Waals surface area contributed by atoms with Crippen LogP contribution in [0, 0.1) is 17.8 Å². The van der Waals surface area contributed by atoms with Gasteiger partial charge in [-0.2, -0.15) is 0 Å². The van der Waals surface area contributed by atoms with Crippen LogP contribution >= 0.6 is 0 Å². The zero-order valence-corrected chi connectivity index (χ0v) is 7.50.